The van der Waals surface area contributed by atoms with Gasteiger partial charge in [0.15, 0.2) is 0 Å². The number of hydrogen-bond donors (Lipinski definition) is 0. The first-order valence-corrected chi connectivity index (χ1v) is 7.67. The Kier molecular flexibility index (Phi) is 3.97. The minimum absolute atomic E-state index is 0.941. The van der Waals surface area contributed by atoms with Crippen LogP contribution in [0.5, 0.6) is 0 Å². The van der Waals surface area contributed by atoms with Crippen LogP contribution in [0.15, 0.2) is 0 Å². The van der Waals surface area contributed by atoms with Gasteiger partial charge in [-0.05, 0) is 61.2 Å². The van der Waals surface area contributed by atoms with Gasteiger partial charge in [-0.2, -0.15) is 0 Å². The summed E-state index contributed by atoms with van der Waals surface area (Å²) in [6.07, 6.45) is 8.93. The Morgan fingerprint density at radius 2 is 1.94 bits per heavy atom. The second kappa shape index (κ2) is 5.10. The lowest BCUT2D eigenvalue weighted by Gasteiger charge is -2.32. The van der Waals surface area contributed by atoms with Crippen LogP contribution in [-0.4, -0.2) is 0 Å². The third-order valence-electron chi connectivity index (χ3n) is 5.74. The van der Waals surface area contributed by atoms with Crippen molar-refractivity contribution in [2.75, 3.05) is 0 Å². The largest absolute Gasteiger partial charge is 0.0651 e. The van der Waals surface area contributed by atoms with Crippen molar-refractivity contribution in [2.24, 2.45) is 35.5 Å². The first kappa shape index (κ1) is 12.5. The molecule has 16 heavy (non-hydrogen) atoms. The van der Waals surface area contributed by atoms with Gasteiger partial charge in [-0.25, -0.2) is 0 Å². The number of hydrogen-bond acceptors (Lipinski definition) is 0. The van der Waals surface area contributed by atoms with Gasteiger partial charge in [0.05, 0.1) is 0 Å². The smallest absolute Gasteiger partial charge is 0.0354 e. The summed E-state index contributed by atoms with van der Waals surface area (Å²) >= 11 is 0. The van der Waals surface area contributed by atoms with Crippen LogP contribution in [0, 0.1) is 35.5 Å². The molecule has 6 atom stereocenters. The van der Waals surface area contributed by atoms with Gasteiger partial charge in [0, 0.05) is 0 Å². The van der Waals surface area contributed by atoms with Crippen LogP contribution in [0.4, 0.5) is 0 Å². The van der Waals surface area contributed by atoms with E-state index >= 15 is 0 Å². The lowest BCUT2D eigenvalue weighted by atomic mass is 9.73. The molecule has 0 N–H and O–H groups in total. The monoisotopic (exact) mass is 222 g/mol. The van der Waals surface area contributed by atoms with Gasteiger partial charge in [0.1, 0.15) is 0 Å². The zero-order chi connectivity index (χ0) is 11.7. The molecule has 2 aliphatic carbocycles. The number of rotatable bonds is 4. The van der Waals surface area contributed by atoms with Crippen molar-refractivity contribution >= 4 is 0 Å². The van der Waals surface area contributed by atoms with Crippen molar-refractivity contribution in [1.29, 1.82) is 0 Å². The van der Waals surface area contributed by atoms with Crippen molar-refractivity contribution in [3.8, 4) is 0 Å². The maximum Gasteiger partial charge on any atom is -0.0354 e. The van der Waals surface area contributed by atoms with E-state index < -0.39 is 0 Å². The molecule has 0 heterocycles. The Hall–Kier alpha value is 0. The Morgan fingerprint density at radius 3 is 2.56 bits per heavy atom. The topological polar surface area (TPSA) is 0 Å². The van der Waals surface area contributed by atoms with Crippen molar-refractivity contribution in [2.45, 2.75) is 66.2 Å². The Labute approximate surface area is 102 Å². The Bertz CT molecular complexity index is 218. The molecule has 2 fully saturated rings. The van der Waals surface area contributed by atoms with Crippen LogP contribution in [0.25, 0.3) is 0 Å². The molecular formula is C16H30. The highest BCUT2D eigenvalue weighted by Gasteiger charge is 2.47. The number of fused-ring (bicyclic) bond motifs is 1. The van der Waals surface area contributed by atoms with Gasteiger partial charge in [-0.1, -0.05) is 40.5 Å². The third-order valence-corrected chi connectivity index (χ3v) is 5.74. The van der Waals surface area contributed by atoms with Crippen LogP contribution >= 0.6 is 0 Å². The normalized spacial score (nSPS) is 44.6. The van der Waals surface area contributed by atoms with E-state index in [4.69, 9.17) is 0 Å². The first-order valence-electron chi connectivity index (χ1n) is 7.67. The first-order chi connectivity index (χ1) is 7.67. The van der Waals surface area contributed by atoms with Crippen molar-refractivity contribution < 1.29 is 0 Å². The average molecular weight is 222 g/mol. The molecule has 0 amide bonds. The lowest BCUT2D eigenvalue weighted by Crippen LogP contribution is -2.24. The zero-order valence-corrected chi connectivity index (χ0v) is 11.7. The quantitative estimate of drug-likeness (QED) is 0.618. The predicted octanol–water partition coefficient (Wildman–Crippen LogP) is 5.13. The van der Waals surface area contributed by atoms with Crippen LogP contribution in [0.2, 0.25) is 0 Å². The predicted molar refractivity (Wildman–Crippen MR) is 71.3 cm³/mol. The minimum Gasteiger partial charge on any atom is -0.0651 e. The van der Waals surface area contributed by atoms with Crippen molar-refractivity contribution in [3.63, 3.8) is 0 Å². The fourth-order valence-electron chi connectivity index (χ4n) is 4.18. The molecule has 0 heteroatoms. The summed E-state index contributed by atoms with van der Waals surface area (Å²) in [5.41, 5.74) is 0. The molecule has 0 aromatic carbocycles. The summed E-state index contributed by atoms with van der Waals surface area (Å²) in [6, 6.07) is 0. The summed E-state index contributed by atoms with van der Waals surface area (Å²) in [5, 5.41) is 0. The van der Waals surface area contributed by atoms with Gasteiger partial charge in [0.2, 0.25) is 0 Å². The molecule has 0 aromatic rings. The van der Waals surface area contributed by atoms with E-state index in [1.54, 1.807) is 12.8 Å². The van der Waals surface area contributed by atoms with E-state index in [0.29, 0.717) is 0 Å². The fourth-order valence-corrected chi connectivity index (χ4v) is 4.18. The van der Waals surface area contributed by atoms with Gasteiger partial charge in [0.25, 0.3) is 0 Å². The summed E-state index contributed by atoms with van der Waals surface area (Å²) in [7, 11) is 0. The summed E-state index contributed by atoms with van der Waals surface area (Å²) in [5.74, 6) is 6.29. The second-order valence-corrected chi connectivity index (χ2v) is 6.68. The molecule has 0 radical (unpaired) electrons. The van der Waals surface area contributed by atoms with E-state index in [1.807, 2.05) is 0 Å². The highest BCUT2D eigenvalue weighted by molar-refractivity contribution is 4.96. The maximum absolute atomic E-state index is 2.56. The second-order valence-electron chi connectivity index (χ2n) is 6.68. The van der Waals surface area contributed by atoms with Gasteiger partial charge < -0.3 is 0 Å². The molecule has 2 aliphatic rings. The molecule has 94 valence electrons. The SMILES string of the molecule is CCC(C)CC1C(CC)CCC2CC2C1C. The summed E-state index contributed by atoms with van der Waals surface area (Å²) in [6.45, 7) is 9.78. The summed E-state index contributed by atoms with van der Waals surface area (Å²) < 4.78 is 0. The van der Waals surface area contributed by atoms with E-state index in [0.717, 1.165) is 35.5 Å². The van der Waals surface area contributed by atoms with Crippen LogP contribution in [0.1, 0.15) is 66.2 Å². The molecule has 6 unspecified atom stereocenters. The van der Waals surface area contributed by atoms with Crippen LogP contribution in [0.3, 0.4) is 0 Å². The van der Waals surface area contributed by atoms with Crippen LogP contribution in [-0.2, 0) is 0 Å². The van der Waals surface area contributed by atoms with Gasteiger partial charge in [-0.3, -0.25) is 0 Å². The molecule has 0 aliphatic heterocycles. The van der Waals surface area contributed by atoms with Gasteiger partial charge >= 0.3 is 0 Å². The Balaban J connectivity index is 2.02. The third kappa shape index (κ3) is 2.46. The Morgan fingerprint density at radius 1 is 1.19 bits per heavy atom. The van der Waals surface area contributed by atoms with E-state index in [1.165, 1.54) is 25.7 Å². The molecule has 0 nitrogen and oxygen atoms in total. The maximum atomic E-state index is 2.56. The van der Waals surface area contributed by atoms with E-state index in [2.05, 4.69) is 27.7 Å². The molecule has 2 saturated carbocycles. The van der Waals surface area contributed by atoms with Crippen molar-refractivity contribution in [1.82, 2.24) is 0 Å². The highest BCUT2D eigenvalue weighted by atomic mass is 14.5. The van der Waals surface area contributed by atoms with E-state index in [-0.39, 0.29) is 0 Å². The fraction of sp³-hybridized carbons (Fsp3) is 1.00. The standard InChI is InChI=1S/C16H30/c1-5-11(3)9-15-12(4)16-10-14(16)8-7-13(15)6-2/h11-16H,5-10H2,1-4H3. The highest BCUT2D eigenvalue weighted by Crippen LogP contribution is 2.55. The molecule has 0 bridgehead atoms. The molecule has 0 spiro atoms. The van der Waals surface area contributed by atoms with Crippen molar-refractivity contribution in [3.05, 3.63) is 0 Å². The zero-order valence-electron chi connectivity index (χ0n) is 11.7. The summed E-state index contributed by atoms with van der Waals surface area (Å²) in [4.78, 5) is 0. The van der Waals surface area contributed by atoms with Gasteiger partial charge in [-0.15, -0.1) is 0 Å². The van der Waals surface area contributed by atoms with E-state index in [9.17, 15) is 0 Å². The van der Waals surface area contributed by atoms with Crippen LogP contribution < -0.4 is 0 Å². The molecule has 0 aromatic heterocycles. The molecule has 0 saturated heterocycles. The lowest BCUT2D eigenvalue weighted by molar-refractivity contribution is 0.177. The average Bonchev–Trinajstić information content (AvgIpc) is 3.06. The molecule has 2 rings (SSSR count). The minimum atomic E-state index is 0.941. The molecular weight excluding hydrogens is 192 g/mol.